The van der Waals surface area contributed by atoms with E-state index in [2.05, 4.69) is 31.2 Å². The van der Waals surface area contributed by atoms with Crippen molar-refractivity contribution >= 4 is 5.97 Å². The van der Waals surface area contributed by atoms with Gasteiger partial charge in [0.2, 0.25) is 0 Å². The molecule has 3 nitrogen and oxygen atoms in total. The highest BCUT2D eigenvalue weighted by Gasteiger charge is 2.47. The first-order chi connectivity index (χ1) is 9.70. The van der Waals surface area contributed by atoms with E-state index in [1.807, 2.05) is 24.3 Å². The van der Waals surface area contributed by atoms with E-state index >= 15 is 0 Å². The van der Waals surface area contributed by atoms with E-state index in [-0.39, 0.29) is 12.1 Å². The van der Waals surface area contributed by atoms with Gasteiger partial charge < -0.3 is 9.47 Å². The number of methoxy groups -OCH3 is 1. The lowest BCUT2D eigenvalue weighted by Crippen LogP contribution is -2.09. The van der Waals surface area contributed by atoms with Crippen molar-refractivity contribution in [1.29, 1.82) is 0 Å². The Balaban J connectivity index is 1.91. The quantitative estimate of drug-likeness (QED) is 0.633. The predicted octanol–water partition coefficient (Wildman–Crippen LogP) is 3.27. The molecule has 1 heterocycles. The van der Waals surface area contributed by atoms with Crippen molar-refractivity contribution in [1.82, 2.24) is 0 Å². The number of ether oxygens (including phenoxy) is 2. The first kappa shape index (κ1) is 12.9. The lowest BCUT2D eigenvalue weighted by atomic mass is 9.96. The maximum Gasteiger partial charge on any atom is 0.338 e. The lowest BCUT2D eigenvalue weighted by Gasteiger charge is -2.08. The highest BCUT2D eigenvalue weighted by Crippen LogP contribution is 2.41. The number of hydrogen-bond acceptors (Lipinski definition) is 3. The Morgan fingerprint density at radius 2 is 1.90 bits per heavy atom. The van der Waals surface area contributed by atoms with Crippen molar-refractivity contribution in [3.8, 4) is 11.1 Å². The second kappa shape index (κ2) is 5.10. The highest BCUT2D eigenvalue weighted by atomic mass is 16.6. The Bertz CT molecular complexity index is 634. The van der Waals surface area contributed by atoms with E-state index in [0.29, 0.717) is 0 Å². The van der Waals surface area contributed by atoms with Gasteiger partial charge >= 0.3 is 5.97 Å². The third-order valence-corrected chi connectivity index (χ3v) is 3.60. The van der Waals surface area contributed by atoms with Crippen LogP contribution in [0.2, 0.25) is 0 Å². The van der Waals surface area contributed by atoms with Crippen molar-refractivity contribution in [2.45, 2.75) is 19.1 Å². The third kappa shape index (κ3) is 2.32. The van der Waals surface area contributed by atoms with Crippen LogP contribution in [0.1, 0.15) is 17.2 Å². The van der Waals surface area contributed by atoms with Gasteiger partial charge in [-0.15, -0.1) is 0 Å². The van der Waals surface area contributed by atoms with Gasteiger partial charge in [-0.05, 0) is 35.2 Å². The van der Waals surface area contributed by atoms with E-state index in [1.54, 1.807) is 0 Å². The molecular formula is C17H16O3. The lowest BCUT2D eigenvalue weighted by molar-refractivity contribution is -0.142. The van der Waals surface area contributed by atoms with E-state index in [4.69, 9.17) is 9.47 Å². The van der Waals surface area contributed by atoms with Crippen LogP contribution in [0, 0.1) is 6.92 Å². The summed E-state index contributed by atoms with van der Waals surface area (Å²) in [6.07, 6.45) is -0.628. The van der Waals surface area contributed by atoms with Gasteiger partial charge in [-0.25, -0.2) is 4.79 Å². The second-order valence-corrected chi connectivity index (χ2v) is 4.94. The molecule has 102 valence electrons. The standard InChI is InChI=1S/C17H16O3/c1-11-8-9-13(15-16(20-15)17(18)19-2)10-14(11)12-6-4-3-5-7-12/h3-10,15-16H,1-2H3. The molecule has 0 aromatic heterocycles. The van der Waals surface area contributed by atoms with Crippen LogP contribution in [0.25, 0.3) is 11.1 Å². The number of carbonyl (C=O) groups excluding carboxylic acids is 1. The van der Waals surface area contributed by atoms with Crippen molar-refractivity contribution in [3.63, 3.8) is 0 Å². The fourth-order valence-corrected chi connectivity index (χ4v) is 2.41. The largest absolute Gasteiger partial charge is 0.467 e. The summed E-state index contributed by atoms with van der Waals surface area (Å²) in [5.41, 5.74) is 4.56. The van der Waals surface area contributed by atoms with Crippen molar-refractivity contribution < 1.29 is 14.3 Å². The van der Waals surface area contributed by atoms with Crippen LogP contribution in [0.4, 0.5) is 0 Å². The molecule has 1 aliphatic rings. The molecule has 2 aromatic rings. The molecule has 2 aromatic carbocycles. The van der Waals surface area contributed by atoms with Gasteiger partial charge in [0, 0.05) is 0 Å². The second-order valence-electron chi connectivity index (χ2n) is 4.94. The average molecular weight is 268 g/mol. The molecule has 2 unspecified atom stereocenters. The topological polar surface area (TPSA) is 38.8 Å². The van der Waals surface area contributed by atoms with E-state index in [9.17, 15) is 4.79 Å². The Kier molecular flexibility index (Phi) is 3.28. The first-order valence-electron chi connectivity index (χ1n) is 6.60. The van der Waals surface area contributed by atoms with Crippen LogP contribution in [0.15, 0.2) is 48.5 Å². The molecule has 0 spiro atoms. The summed E-state index contributed by atoms with van der Waals surface area (Å²) in [7, 11) is 1.38. The Morgan fingerprint density at radius 3 is 2.60 bits per heavy atom. The number of esters is 1. The van der Waals surface area contributed by atoms with Crippen LogP contribution < -0.4 is 0 Å². The Morgan fingerprint density at radius 1 is 1.15 bits per heavy atom. The smallest absolute Gasteiger partial charge is 0.338 e. The summed E-state index contributed by atoms with van der Waals surface area (Å²) < 4.78 is 10.1. The molecule has 1 fully saturated rings. The molecule has 1 saturated heterocycles. The monoisotopic (exact) mass is 268 g/mol. The van der Waals surface area contributed by atoms with Gasteiger partial charge in [-0.3, -0.25) is 0 Å². The minimum Gasteiger partial charge on any atom is -0.467 e. The van der Waals surface area contributed by atoms with Crippen LogP contribution >= 0.6 is 0 Å². The van der Waals surface area contributed by atoms with Crippen molar-refractivity contribution in [2.75, 3.05) is 7.11 Å². The number of hydrogen-bond donors (Lipinski definition) is 0. The maximum atomic E-state index is 11.4. The van der Waals surface area contributed by atoms with Crippen LogP contribution in [-0.4, -0.2) is 19.2 Å². The van der Waals surface area contributed by atoms with Crippen LogP contribution in [0.5, 0.6) is 0 Å². The average Bonchev–Trinajstić information content (AvgIpc) is 3.28. The Hall–Kier alpha value is -2.13. The Labute approximate surface area is 118 Å². The van der Waals surface area contributed by atoms with Crippen LogP contribution in [0.3, 0.4) is 0 Å². The van der Waals surface area contributed by atoms with Gasteiger partial charge in [0.05, 0.1) is 7.11 Å². The van der Waals surface area contributed by atoms with Gasteiger partial charge in [0.15, 0.2) is 6.10 Å². The van der Waals surface area contributed by atoms with Crippen molar-refractivity contribution in [3.05, 3.63) is 59.7 Å². The van der Waals surface area contributed by atoms with Gasteiger partial charge in [0.1, 0.15) is 6.10 Å². The van der Waals surface area contributed by atoms with Gasteiger partial charge in [-0.2, -0.15) is 0 Å². The molecular weight excluding hydrogens is 252 g/mol. The molecule has 0 saturated carbocycles. The van der Waals surface area contributed by atoms with E-state index in [0.717, 1.165) is 5.56 Å². The fraction of sp³-hybridized carbons (Fsp3) is 0.235. The van der Waals surface area contributed by atoms with E-state index < -0.39 is 6.10 Å². The van der Waals surface area contributed by atoms with Crippen molar-refractivity contribution in [2.24, 2.45) is 0 Å². The number of aryl methyl sites for hydroxylation is 1. The predicted molar refractivity (Wildman–Crippen MR) is 76.2 cm³/mol. The first-order valence-corrected chi connectivity index (χ1v) is 6.60. The summed E-state index contributed by atoms with van der Waals surface area (Å²) in [4.78, 5) is 11.4. The number of epoxide rings is 1. The molecule has 1 aliphatic heterocycles. The minimum absolute atomic E-state index is 0.175. The molecule has 0 radical (unpaired) electrons. The number of rotatable bonds is 3. The molecule has 0 bridgehead atoms. The summed E-state index contributed by atoms with van der Waals surface area (Å²) in [5.74, 6) is -0.308. The molecule has 3 rings (SSSR count). The minimum atomic E-state index is -0.452. The zero-order valence-electron chi connectivity index (χ0n) is 11.5. The normalized spacial score (nSPS) is 20.5. The zero-order valence-corrected chi connectivity index (χ0v) is 11.5. The SMILES string of the molecule is COC(=O)C1OC1c1ccc(C)c(-c2ccccc2)c1. The third-order valence-electron chi connectivity index (χ3n) is 3.60. The molecule has 3 heteroatoms. The summed E-state index contributed by atoms with van der Waals surface area (Å²) in [5, 5.41) is 0. The van der Waals surface area contributed by atoms with Crippen LogP contribution in [-0.2, 0) is 14.3 Å². The van der Waals surface area contributed by atoms with E-state index in [1.165, 1.54) is 23.8 Å². The molecule has 0 amide bonds. The summed E-state index contributed by atoms with van der Waals surface area (Å²) in [6, 6.07) is 16.4. The molecule has 20 heavy (non-hydrogen) atoms. The molecule has 0 N–H and O–H groups in total. The number of benzene rings is 2. The van der Waals surface area contributed by atoms with Gasteiger partial charge in [-0.1, -0.05) is 42.5 Å². The molecule has 0 aliphatic carbocycles. The summed E-state index contributed by atoms with van der Waals surface area (Å²) >= 11 is 0. The number of carbonyl (C=O) groups is 1. The zero-order chi connectivity index (χ0) is 14.1. The maximum absolute atomic E-state index is 11.4. The summed E-state index contributed by atoms with van der Waals surface area (Å²) in [6.45, 7) is 2.08. The van der Waals surface area contributed by atoms with Gasteiger partial charge in [0.25, 0.3) is 0 Å². The highest BCUT2D eigenvalue weighted by molar-refractivity contribution is 5.78. The molecule has 2 atom stereocenters. The fourth-order valence-electron chi connectivity index (χ4n) is 2.41.